The summed E-state index contributed by atoms with van der Waals surface area (Å²) in [5, 5.41) is 7.01. The molecule has 134 valence electrons. The lowest BCUT2D eigenvalue weighted by Crippen LogP contribution is -2.22. The first-order chi connectivity index (χ1) is 13.1. The van der Waals surface area contributed by atoms with E-state index in [0.717, 1.165) is 15.6 Å². The predicted molar refractivity (Wildman–Crippen MR) is 107 cm³/mol. The third-order valence-corrected chi connectivity index (χ3v) is 4.81. The number of imide groups is 1. The molecule has 4 rings (SSSR count). The lowest BCUT2D eigenvalue weighted by molar-refractivity contribution is -0.115. The summed E-state index contributed by atoms with van der Waals surface area (Å²) in [6, 6.07) is 19.4. The zero-order chi connectivity index (χ0) is 18.8. The molecule has 1 aliphatic heterocycles. The highest BCUT2D eigenvalue weighted by molar-refractivity contribution is 9.10. The molecular weight excluding hydrogens is 408 g/mol. The smallest absolute Gasteiger partial charge is 0.326 e. The molecule has 0 radical (unpaired) electrons. The molecule has 0 atom stereocenters. The fraction of sp³-hybridized carbons (Fsp3) is 0.0476. The number of nitrogens with one attached hydrogen (secondary N) is 2. The Morgan fingerprint density at radius 1 is 0.926 bits per heavy atom. The van der Waals surface area contributed by atoms with Gasteiger partial charge in [-0.2, -0.15) is 0 Å². The van der Waals surface area contributed by atoms with E-state index in [1.165, 1.54) is 10.8 Å². The van der Waals surface area contributed by atoms with E-state index in [1.807, 2.05) is 30.3 Å². The molecule has 3 aromatic rings. The number of ether oxygens (including phenoxy) is 1. The van der Waals surface area contributed by atoms with Gasteiger partial charge < -0.3 is 10.1 Å². The first-order valence-electron chi connectivity index (χ1n) is 8.32. The summed E-state index contributed by atoms with van der Waals surface area (Å²) >= 11 is 3.49. The normalized spacial score (nSPS) is 15.1. The van der Waals surface area contributed by atoms with Gasteiger partial charge in [0.25, 0.3) is 5.91 Å². The van der Waals surface area contributed by atoms with E-state index in [-0.39, 0.29) is 5.70 Å². The van der Waals surface area contributed by atoms with Gasteiger partial charge >= 0.3 is 6.03 Å². The molecule has 1 saturated heterocycles. The molecule has 0 unspecified atom stereocenters. The van der Waals surface area contributed by atoms with Crippen LogP contribution in [0.1, 0.15) is 11.1 Å². The minimum atomic E-state index is -0.513. The minimum Gasteiger partial charge on any atom is -0.488 e. The third kappa shape index (κ3) is 3.85. The Morgan fingerprint density at radius 2 is 1.74 bits per heavy atom. The monoisotopic (exact) mass is 422 g/mol. The van der Waals surface area contributed by atoms with Gasteiger partial charge in [-0.3, -0.25) is 10.1 Å². The highest BCUT2D eigenvalue weighted by Crippen LogP contribution is 2.28. The van der Waals surface area contributed by atoms with E-state index in [4.69, 9.17) is 4.74 Å². The number of amides is 3. The van der Waals surface area contributed by atoms with Crippen molar-refractivity contribution in [3.8, 4) is 5.75 Å². The van der Waals surface area contributed by atoms with Gasteiger partial charge in [-0.25, -0.2) is 4.79 Å². The Morgan fingerprint density at radius 3 is 2.48 bits per heavy atom. The quantitative estimate of drug-likeness (QED) is 0.484. The second-order valence-corrected chi connectivity index (χ2v) is 6.98. The fourth-order valence-corrected chi connectivity index (χ4v) is 3.37. The molecule has 2 N–H and O–H groups in total. The van der Waals surface area contributed by atoms with E-state index in [9.17, 15) is 9.59 Å². The van der Waals surface area contributed by atoms with Gasteiger partial charge in [0.2, 0.25) is 0 Å². The van der Waals surface area contributed by atoms with Crippen molar-refractivity contribution < 1.29 is 14.3 Å². The number of rotatable bonds is 4. The largest absolute Gasteiger partial charge is 0.488 e. The van der Waals surface area contributed by atoms with E-state index in [1.54, 1.807) is 6.08 Å². The molecule has 3 aromatic carbocycles. The maximum absolute atomic E-state index is 11.6. The Kier molecular flexibility index (Phi) is 4.64. The van der Waals surface area contributed by atoms with Crippen LogP contribution in [0.3, 0.4) is 0 Å². The van der Waals surface area contributed by atoms with Crippen LogP contribution in [-0.4, -0.2) is 11.9 Å². The number of halogens is 1. The van der Waals surface area contributed by atoms with Gasteiger partial charge in [-0.15, -0.1) is 0 Å². The molecule has 27 heavy (non-hydrogen) atoms. The van der Waals surface area contributed by atoms with E-state index >= 15 is 0 Å². The second-order valence-electron chi connectivity index (χ2n) is 6.13. The molecule has 0 saturated carbocycles. The third-order valence-electron chi connectivity index (χ3n) is 4.20. The Labute approximate surface area is 164 Å². The van der Waals surface area contributed by atoms with Crippen molar-refractivity contribution >= 4 is 44.7 Å². The molecule has 1 fully saturated rings. The number of fused-ring (bicyclic) bond motifs is 1. The first-order valence-corrected chi connectivity index (χ1v) is 9.12. The van der Waals surface area contributed by atoms with Gasteiger partial charge in [0, 0.05) is 0 Å². The predicted octanol–water partition coefficient (Wildman–Crippen LogP) is 4.36. The summed E-state index contributed by atoms with van der Waals surface area (Å²) in [7, 11) is 0. The van der Waals surface area contributed by atoms with E-state index < -0.39 is 11.9 Å². The molecular formula is C21H15BrN2O3. The van der Waals surface area contributed by atoms with Crippen molar-refractivity contribution in [2.45, 2.75) is 6.61 Å². The molecule has 1 aliphatic rings. The highest BCUT2D eigenvalue weighted by Gasteiger charge is 2.22. The number of benzene rings is 3. The van der Waals surface area contributed by atoms with Crippen LogP contribution in [-0.2, 0) is 11.4 Å². The van der Waals surface area contributed by atoms with Crippen molar-refractivity contribution in [2.24, 2.45) is 0 Å². The van der Waals surface area contributed by atoms with Crippen molar-refractivity contribution in [1.82, 2.24) is 10.6 Å². The van der Waals surface area contributed by atoms with Gasteiger partial charge in [0.1, 0.15) is 18.1 Å². The van der Waals surface area contributed by atoms with Gasteiger partial charge in [-0.05, 0) is 62.1 Å². The summed E-state index contributed by atoms with van der Waals surface area (Å²) in [5.41, 5.74) is 2.07. The average Bonchev–Trinajstić information content (AvgIpc) is 2.98. The van der Waals surface area contributed by atoms with Crippen molar-refractivity contribution in [1.29, 1.82) is 0 Å². The molecule has 3 amide bonds. The molecule has 0 aromatic heterocycles. The maximum atomic E-state index is 11.6. The Balaban J connectivity index is 1.48. The van der Waals surface area contributed by atoms with Crippen LogP contribution in [0.15, 0.2) is 70.8 Å². The number of hydrogen-bond donors (Lipinski definition) is 2. The molecule has 5 nitrogen and oxygen atoms in total. The highest BCUT2D eigenvalue weighted by atomic mass is 79.9. The van der Waals surface area contributed by atoms with Crippen LogP contribution in [0.5, 0.6) is 5.75 Å². The summed E-state index contributed by atoms with van der Waals surface area (Å²) in [5.74, 6) is 0.262. The summed E-state index contributed by atoms with van der Waals surface area (Å²) in [4.78, 5) is 22.8. The van der Waals surface area contributed by atoms with Crippen LogP contribution < -0.4 is 15.4 Å². The minimum absolute atomic E-state index is 0.219. The first kappa shape index (κ1) is 17.3. The number of urea groups is 1. The summed E-state index contributed by atoms with van der Waals surface area (Å²) in [6.45, 7) is 0.447. The van der Waals surface area contributed by atoms with Crippen LogP contribution in [0.2, 0.25) is 0 Å². The van der Waals surface area contributed by atoms with Crippen molar-refractivity contribution in [2.75, 3.05) is 0 Å². The Bertz CT molecular complexity index is 1090. The van der Waals surface area contributed by atoms with Crippen LogP contribution in [0.4, 0.5) is 4.79 Å². The molecule has 0 aliphatic carbocycles. The standard InChI is InChI=1S/C21H15BrN2O3/c22-17-10-13(11-18-20(25)24-21(26)23-18)6-8-19(17)27-12-14-5-7-15-3-1-2-4-16(15)9-14/h1-11H,12H2,(H2,23,24,25,26)/b18-11+. The van der Waals surface area contributed by atoms with Gasteiger partial charge in [0.15, 0.2) is 0 Å². The second kappa shape index (κ2) is 7.25. The van der Waals surface area contributed by atoms with E-state index in [2.05, 4.69) is 56.9 Å². The summed E-state index contributed by atoms with van der Waals surface area (Å²) < 4.78 is 6.68. The lowest BCUT2D eigenvalue weighted by atomic mass is 10.1. The number of carbonyl (C=O) groups is 2. The maximum Gasteiger partial charge on any atom is 0.326 e. The molecule has 0 bridgehead atoms. The summed E-state index contributed by atoms with van der Waals surface area (Å²) in [6.07, 6.45) is 1.61. The number of carbonyl (C=O) groups excluding carboxylic acids is 2. The molecule has 6 heteroatoms. The molecule has 0 spiro atoms. The van der Waals surface area contributed by atoms with Crippen molar-refractivity contribution in [3.63, 3.8) is 0 Å². The lowest BCUT2D eigenvalue weighted by Gasteiger charge is -2.10. The van der Waals surface area contributed by atoms with Crippen molar-refractivity contribution in [3.05, 3.63) is 82.0 Å². The SMILES string of the molecule is O=C1NC(=O)/C(=C\c2ccc(OCc3ccc4ccccc4c3)c(Br)c2)N1. The van der Waals surface area contributed by atoms with Gasteiger partial charge in [0.05, 0.1) is 4.47 Å². The zero-order valence-electron chi connectivity index (χ0n) is 14.2. The Hall–Kier alpha value is -3.12. The van der Waals surface area contributed by atoms with Crippen LogP contribution >= 0.6 is 15.9 Å². The number of hydrogen-bond acceptors (Lipinski definition) is 3. The van der Waals surface area contributed by atoms with Gasteiger partial charge in [-0.1, -0.05) is 42.5 Å². The van der Waals surface area contributed by atoms with E-state index in [0.29, 0.717) is 12.4 Å². The molecule has 1 heterocycles. The average molecular weight is 423 g/mol. The zero-order valence-corrected chi connectivity index (χ0v) is 15.7. The fourth-order valence-electron chi connectivity index (χ4n) is 2.86. The van der Waals surface area contributed by atoms with Crippen LogP contribution in [0.25, 0.3) is 16.8 Å². The van der Waals surface area contributed by atoms with Crippen LogP contribution in [0, 0.1) is 0 Å². The topological polar surface area (TPSA) is 67.4 Å².